The highest BCUT2D eigenvalue weighted by Gasteiger charge is 2.39. The average molecular weight is 330 g/mol. The van der Waals surface area contributed by atoms with Crippen LogP contribution >= 0.6 is 0 Å². The molecule has 4 heterocycles. The number of amides is 1. The first-order valence-electron chi connectivity index (χ1n) is 9.15. The van der Waals surface area contributed by atoms with Gasteiger partial charge >= 0.3 is 0 Å². The number of aromatic nitrogens is 2. The first-order valence-corrected chi connectivity index (χ1v) is 9.15. The molecule has 130 valence electrons. The van der Waals surface area contributed by atoms with E-state index in [2.05, 4.69) is 14.9 Å². The molecule has 0 aromatic carbocycles. The number of hydrogen-bond acceptors (Lipinski definition) is 5. The smallest absolute Gasteiger partial charge is 0.274 e. The van der Waals surface area contributed by atoms with Crippen molar-refractivity contribution in [1.82, 2.24) is 19.8 Å². The van der Waals surface area contributed by atoms with Crippen LogP contribution in [0.2, 0.25) is 0 Å². The van der Waals surface area contributed by atoms with E-state index in [9.17, 15) is 4.79 Å². The van der Waals surface area contributed by atoms with E-state index in [4.69, 9.17) is 4.74 Å². The van der Waals surface area contributed by atoms with Crippen molar-refractivity contribution in [2.24, 2.45) is 17.8 Å². The normalized spacial score (nSPS) is 28.8. The molecule has 0 N–H and O–H groups in total. The highest BCUT2D eigenvalue weighted by Crippen LogP contribution is 2.32. The summed E-state index contributed by atoms with van der Waals surface area (Å²) in [7, 11) is 0. The highest BCUT2D eigenvalue weighted by molar-refractivity contribution is 5.92. The molecule has 4 rings (SSSR count). The molecule has 3 aliphatic heterocycles. The van der Waals surface area contributed by atoms with Gasteiger partial charge in [0, 0.05) is 58.3 Å². The van der Waals surface area contributed by atoms with Crippen molar-refractivity contribution in [3.05, 3.63) is 24.3 Å². The largest absolute Gasteiger partial charge is 0.381 e. The molecule has 3 fully saturated rings. The van der Waals surface area contributed by atoms with Crippen LogP contribution < -0.4 is 0 Å². The molecular formula is C18H26N4O2. The fourth-order valence-corrected chi connectivity index (χ4v) is 4.46. The van der Waals surface area contributed by atoms with Crippen LogP contribution in [0, 0.1) is 17.8 Å². The van der Waals surface area contributed by atoms with Crippen molar-refractivity contribution in [3.8, 4) is 0 Å². The summed E-state index contributed by atoms with van der Waals surface area (Å²) in [6.45, 7) is 7.10. The van der Waals surface area contributed by atoms with Gasteiger partial charge in [0.2, 0.25) is 0 Å². The Morgan fingerprint density at radius 1 is 1.12 bits per heavy atom. The third-order valence-electron chi connectivity index (χ3n) is 5.80. The van der Waals surface area contributed by atoms with E-state index < -0.39 is 0 Å². The van der Waals surface area contributed by atoms with Gasteiger partial charge in [0.15, 0.2) is 0 Å². The van der Waals surface area contributed by atoms with Crippen molar-refractivity contribution in [1.29, 1.82) is 0 Å². The number of likely N-dealkylation sites (tertiary alicyclic amines) is 2. The van der Waals surface area contributed by atoms with E-state index in [-0.39, 0.29) is 5.91 Å². The number of fused-ring (bicyclic) bond motifs is 1. The summed E-state index contributed by atoms with van der Waals surface area (Å²) < 4.78 is 5.47. The molecule has 2 atom stereocenters. The van der Waals surface area contributed by atoms with E-state index in [0.29, 0.717) is 11.6 Å². The van der Waals surface area contributed by atoms with Crippen LogP contribution in [0.1, 0.15) is 29.8 Å². The van der Waals surface area contributed by atoms with Crippen LogP contribution in [0.5, 0.6) is 0 Å². The number of nitrogens with zero attached hydrogens (tertiary/aromatic N) is 4. The molecule has 0 aliphatic carbocycles. The minimum Gasteiger partial charge on any atom is -0.381 e. The predicted octanol–water partition coefficient (Wildman–Crippen LogP) is 1.30. The lowest BCUT2D eigenvalue weighted by atomic mass is 9.88. The minimum atomic E-state index is 0.0319. The molecule has 3 aliphatic rings. The van der Waals surface area contributed by atoms with Gasteiger partial charge in [0.05, 0.1) is 6.20 Å². The second kappa shape index (κ2) is 7.15. The van der Waals surface area contributed by atoms with Gasteiger partial charge in [-0.25, -0.2) is 4.98 Å². The van der Waals surface area contributed by atoms with Gasteiger partial charge in [-0.15, -0.1) is 0 Å². The van der Waals surface area contributed by atoms with Crippen molar-refractivity contribution in [2.45, 2.75) is 19.3 Å². The van der Waals surface area contributed by atoms with Gasteiger partial charge in [-0.3, -0.25) is 9.78 Å². The summed E-state index contributed by atoms with van der Waals surface area (Å²) in [6, 6.07) is 0. The van der Waals surface area contributed by atoms with Gasteiger partial charge in [-0.05, 0) is 37.0 Å². The van der Waals surface area contributed by atoms with Crippen LogP contribution in [0.3, 0.4) is 0 Å². The van der Waals surface area contributed by atoms with E-state index in [1.165, 1.54) is 25.9 Å². The summed E-state index contributed by atoms with van der Waals surface area (Å²) in [6.07, 6.45) is 8.27. The number of carbonyl (C=O) groups excluding carboxylic acids is 1. The van der Waals surface area contributed by atoms with Crippen molar-refractivity contribution >= 4 is 5.91 Å². The third kappa shape index (κ3) is 3.44. The maximum Gasteiger partial charge on any atom is 0.274 e. The topological polar surface area (TPSA) is 58.6 Å². The molecule has 6 heteroatoms. The minimum absolute atomic E-state index is 0.0319. The van der Waals surface area contributed by atoms with E-state index >= 15 is 0 Å². The van der Waals surface area contributed by atoms with Gasteiger partial charge in [-0.2, -0.15) is 0 Å². The Labute approximate surface area is 143 Å². The van der Waals surface area contributed by atoms with Gasteiger partial charge in [-0.1, -0.05) is 0 Å². The molecule has 0 unspecified atom stereocenters. The molecule has 0 radical (unpaired) electrons. The number of carbonyl (C=O) groups is 1. The Morgan fingerprint density at radius 2 is 1.96 bits per heavy atom. The van der Waals surface area contributed by atoms with Gasteiger partial charge in [0.25, 0.3) is 5.91 Å². The lowest BCUT2D eigenvalue weighted by molar-refractivity contribution is 0.0547. The third-order valence-corrected chi connectivity index (χ3v) is 5.80. The molecule has 1 aromatic rings. The van der Waals surface area contributed by atoms with Crippen LogP contribution in [-0.2, 0) is 4.74 Å². The van der Waals surface area contributed by atoms with Crippen LogP contribution in [0.25, 0.3) is 0 Å². The van der Waals surface area contributed by atoms with Crippen LogP contribution in [0.4, 0.5) is 0 Å². The summed E-state index contributed by atoms with van der Waals surface area (Å²) in [5.41, 5.74) is 0.466. The predicted molar refractivity (Wildman–Crippen MR) is 89.5 cm³/mol. The zero-order chi connectivity index (χ0) is 16.4. The fourth-order valence-electron chi connectivity index (χ4n) is 4.46. The summed E-state index contributed by atoms with van der Waals surface area (Å²) >= 11 is 0. The van der Waals surface area contributed by atoms with Crippen molar-refractivity contribution in [3.63, 3.8) is 0 Å². The summed E-state index contributed by atoms with van der Waals surface area (Å²) in [5.74, 6) is 2.18. The highest BCUT2D eigenvalue weighted by atomic mass is 16.5. The first kappa shape index (κ1) is 16.0. The Kier molecular flexibility index (Phi) is 4.76. The van der Waals surface area contributed by atoms with Crippen LogP contribution in [-0.4, -0.2) is 71.6 Å². The van der Waals surface area contributed by atoms with Crippen molar-refractivity contribution in [2.75, 3.05) is 45.9 Å². The van der Waals surface area contributed by atoms with E-state index in [1.54, 1.807) is 18.6 Å². The van der Waals surface area contributed by atoms with Crippen LogP contribution in [0.15, 0.2) is 18.6 Å². The zero-order valence-corrected chi connectivity index (χ0v) is 14.1. The molecular weight excluding hydrogens is 304 g/mol. The number of hydrogen-bond donors (Lipinski definition) is 0. The monoisotopic (exact) mass is 330 g/mol. The van der Waals surface area contributed by atoms with Gasteiger partial charge in [0.1, 0.15) is 5.69 Å². The molecule has 1 amide bonds. The zero-order valence-electron chi connectivity index (χ0n) is 14.1. The average Bonchev–Trinajstić information content (AvgIpc) is 3.04. The lowest BCUT2D eigenvalue weighted by Gasteiger charge is -2.34. The quantitative estimate of drug-likeness (QED) is 0.836. The lowest BCUT2D eigenvalue weighted by Crippen LogP contribution is -2.43. The molecule has 3 saturated heterocycles. The maximum atomic E-state index is 12.6. The number of rotatable bonds is 3. The van der Waals surface area contributed by atoms with Gasteiger partial charge < -0.3 is 14.5 Å². The summed E-state index contributed by atoms with van der Waals surface area (Å²) in [5, 5.41) is 0. The second-order valence-electron chi connectivity index (χ2n) is 7.42. The summed E-state index contributed by atoms with van der Waals surface area (Å²) in [4.78, 5) is 25.4. The number of piperidine rings is 1. The van der Waals surface area contributed by atoms with E-state index in [0.717, 1.165) is 51.1 Å². The SMILES string of the molecule is O=C(c1cnccn1)N1CC[C@@H]2CN(CC3CCOCC3)C[C@@H]2C1. The standard InChI is InChI=1S/C18H26N4O2/c23-18(17-9-19-4-5-20-17)22-6-1-15-11-21(12-16(15)13-22)10-14-2-7-24-8-3-14/h4-5,9,14-16H,1-3,6-8,10-13H2/t15-,16-/m1/s1. The molecule has 0 saturated carbocycles. The molecule has 1 aromatic heterocycles. The molecule has 24 heavy (non-hydrogen) atoms. The Hall–Kier alpha value is -1.53. The molecule has 0 spiro atoms. The fraction of sp³-hybridized carbons (Fsp3) is 0.722. The molecule has 0 bridgehead atoms. The second-order valence-corrected chi connectivity index (χ2v) is 7.42. The maximum absolute atomic E-state index is 12.6. The number of ether oxygens (including phenoxy) is 1. The Balaban J connectivity index is 1.33. The van der Waals surface area contributed by atoms with E-state index in [1.807, 2.05) is 4.90 Å². The Morgan fingerprint density at radius 3 is 2.75 bits per heavy atom. The molecule has 6 nitrogen and oxygen atoms in total. The first-order chi connectivity index (χ1) is 11.8. The Bertz CT molecular complexity index is 561. The van der Waals surface area contributed by atoms with Crippen molar-refractivity contribution < 1.29 is 9.53 Å².